The monoisotopic (exact) mass is 391 g/mol. The summed E-state index contributed by atoms with van der Waals surface area (Å²) in [5.74, 6) is 1.97. The van der Waals surface area contributed by atoms with Crippen molar-refractivity contribution in [2.75, 3.05) is 12.3 Å². The summed E-state index contributed by atoms with van der Waals surface area (Å²) in [6, 6.07) is 9.19. The number of ether oxygens (including phenoxy) is 1. The maximum Gasteiger partial charge on any atom is 0.416 e. The molecule has 0 aliphatic heterocycles. The summed E-state index contributed by atoms with van der Waals surface area (Å²) in [5.41, 5.74) is 8.75. The van der Waals surface area contributed by atoms with Crippen molar-refractivity contribution in [3.8, 4) is 16.9 Å². The van der Waals surface area contributed by atoms with Crippen molar-refractivity contribution in [2.24, 2.45) is 11.8 Å². The summed E-state index contributed by atoms with van der Waals surface area (Å²) in [4.78, 5) is 0. The Morgan fingerprint density at radius 2 is 1.71 bits per heavy atom. The molecule has 0 bridgehead atoms. The molecule has 1 unspecified atom stereocenters. The highest BCUT2D eigenvalue weighted by molar-refractivity contribution is 5.78. The van der Waals surface area contributed by atoms with Gasteiger partial charge in [0.05, 0.1) is 17.9 Å². The van der Waals surface area contributed by atoms with Crippen LogP contribution in [-0.2, 0) is 6.18 Å². The molecule has 2 aromatic carbocycles. The van der Waals surface area contributed by atoms with E-state index in [0.717, 1.165) is 42.5 Å². The molecule has 0 heterocycles. The topological polar surface area (TPSA) is 35.2 Å². The van der Waals surface area contributed by atoms with Crippen molar-refractivity contribution in [1.82, 2.24) is 0 Å². The molecule has 0 aromatic heterocycles. The Morgan fingerprint density at radius 3 is 2.25 bits per heavy atom. The number of hydrogen-bond donors (Lipinski definition) is 1. The fourth-order valence-electron chi connectivity index (χ4n) is 3.50. The third kappa shape index (κ3) is 5.00. The van der Waals surface area contributed by atoms with Crippen LogP contribution in [0.1, 0.15) is 57.1 Å². The fourth-order valence-corrected chi connectivity index (χ4v) is 3.50. The van der Waals surface area contributed by atoms with Crippen LogP contribution in [0.15, 0.2) is 36.4 Å². The molecule has 0 saturated heterocycles. The van der Waals surface area contributed by atoms with Gasteiger partial charge in [-0.15, -0.1) is 0 Å². The van der Waals surface area contributed by atoms with Crippen LogP contribution < -0.4 is 10.5 Å². The van der Waals surface area contributed by atoms with Gasteiger partial charge in [-0.1, -0.05) is 32.9 Å². The lowest BCUT2D eigenvalue weighted by atomic mass is 9.89. The van der Waals surface area contributed by atoms with E-state index in [-0.39, 0.29) is 0 Å². The lowest BCUT2D eigenvalue weighted by Crippen LogP contribution is -2.07. The first-order valence-corrected chi connectivity index (χ1v) is 9.89. The first-order valence-electron chi connectivity index (χ1n) is 9.89. The Labute approximate surface area is 164 Å². The highest BCUT2D eigenvalue weighted by Crippen LogP contribution is 2.41. The standard InChI is InChI=1S/C23H28F3NO/c1-14(2)10-15(3)18-11-20(17-6-8-19(9-7-17)23(24,25)26)22(21(27)12-18)28-13-16-4-5-16/h6-9,11-12,14-16H,4-5,10,13,27H2,1-3H3. The van der Waals surface area contributed by atoms with Crippen LogP contribution in [-0.4, -0.2) is 6.61 Å². The Bertz CT molecular complexity index is 808. The van der Waals surface area contributed by atoms with Crippen molar-refractivity contribution in [3.63, 3.8) is 0 Å². The molecule has 1 atom stereocenters. The number of halogens is 3. The largest absolute Gasteiger partial charge is 0.490 e. The fraction of sp³-hybridized carbons (Fsp3) is 0.478. The first kappa shape index (κ1) is 20.6. The van der Waals surface area contributed by atoms with Gasteiger partial charge in [0, 0.05) is 5.56 Å². The van der Waals surface area contributed by atoms with Crippen LogP contribution >= 0.6 is 0 Å². The number of benzene rings is 2. The van der Waals surface area contributed by atoms with Gasteiger partial charge in [-0.3, -0.25) is 0 Å². The molecular weight excluding hydrogens is 363 g/mol. The number of alkyl halides is 3. The van der Waals surface area contributed by atoms with Crippen LogP contribution in [0, 0.1) is 11.8 Å². The number of nitrogens with two attached hydrogens (primary N) is 1. The van der Waals surface area contributed by atoms with Crippen molar-refractivity contribution >= 4 is 5.69 Å². The van der Waals surface area contributed by atoms with E-state index < -0.39 is 11.7 Å². The van der Waals surface area contributed by atoms with Crippen molar-refractivity contribution in [1.29, 1.82) is 0 Å². The molecule has 1 saturated carbocycles. The third-order valence-corrected chi connectivity index (χ3v) is 5.22. The minimum absolute atomic E-state index is 0.299. The van der Waals surface area contributed by atoms with Crippen LogP contribution in [0.3, 0.4) is 0 Å². The predicted molar refractivity (Wildman–Crippen MR) is 107 cm³/mol. The van der Waals surface area contributed by atoms with Crippen molar-refractivity contribution < 1.29 is 17.9 Å². The van der Waals surface area contributed by atoms with Gasteiger partial charge in [0.15, 0.2) is 0 Å². The SMILES string of the molecule is CC(C)CC(C)c1cc(N)c(OCC2CC2)c(-c2ccc(C(F)(F)F)cc2)c1. The normalized spacial score (nSPS) is 15.7. The maximum absolute atomic E-state index is 12.9. The van der Waals surface area contributed by atoms with Gasteiger partial charge in [0.25, 0.3) is 0 Å². The van der Waals surface area contributed by atoms with E-state index in [2.05, 4.69) is 20.8 Å². The van der Waals surface area contributed by atoms with E-state index >= 15 is 0 Å². The van der Waals surface area contributed by atoms with Gasteiger partial charge in [0.1, 0.15) is 5.75 Å². The zero-order valence-corrected chi connectivity index (χ0v) is 16.6. The Morgan fingerprint density at radius 1 is 1.07 bits per heavy atom. The highest BCUT2D eigenvalue weighted by Gasteiger charge is 2.30. The number of nitrogen functional groups attached to an aromatic ring is 1. The van der Waals surface area contributed by atoms with Crippen LogP contribution in [0.2, 0.25) is 0 Å². The zero-order chi connectivity index (χ0) is 20.5. The molecule has 2 nitrogen and oxygen atoms in total. The Kier molecular flexibility index (Phi) is 5.92. The summed E-state index contributed by atoms with van der Waals surface area (Å²) < 4.78 is 44.8. The molecular formula is C23H28F3NO. The minimum Gasteiger partial charge on any atom is -0.490 e. The molecule has 1 aliphatic rings. The molecule has 2 aromatic rings. The second kappa shape index (κ2) is 8.06. The average molecular weight is 391 g/mol. The summed E-state index contributed by atoms with van der Waals surface area (Å²) >= 11 is 0. The lowest BCUT2D eigenvalue weighted by molar-refractivity contribution is -0.137. The number of hydrogen-bond acceptors (Lipinski definition) is 2. The predicted octanol–water partition coefficient (Wildman–Crippen LogP) is 6.89. The molecule has 1 aliphatic carbocycles. The molecule has 2 N–H and O–H groups in total. The maximum atomic E-state index is 12.9. The van der Waals surface area contributed by atoms with Gasteiger partial charge >= 0.3 is 6.18 Å². The van der Waals surface area contributed by atoms with Crippen LogP contribution in [0.25, 0.3) is 11.1 Å². The molecule has 28 heavy (non-hydrogen) atoms. The van der Waals surface area contributed by atoms with Gasteiger partial charge < -0.3 is 10.5 Å². The quantitative estimate of drug-likeness (QED) is 0.521. The molecule has 0 radical (unpaired) electrons. The van der Waals surface area contributed by atoms with E-state index in [1.807, 2.05) is 12.1 Å². The Balaban J connectivity index is 2.00. The second-order valence-electron chi connectivity index (χ2n) is 8.35. The molecule has 3 rings (SSSR count). The zero-order valence-electron chi connectivity index (χ0n) is 16.6. The summed E-state index contributed by atoms with van der Waals surface area (Å²) in [6.07, 6.45) is -1.04. The van der Waals surface area contributed by atoms with Crippen LogP contribution in [0.4, 0.5) is 18.9 Å². The van der Waals surface area contributed by atoms with E-state index in [4.69, 9.17) is 10.5 Å². The number of rotatable bonds is 7. The van der Waals surface area contributed by atoms with Gasteiger partial charge in [-0.05, 0) is 72.4 Å². The molecule has 152 valence electrons. The van der Waals surface area contributed by atoms with Crippen LogP contribution in [0.5, 0.6) is 5.75 Å². The minimum atomic E-state index is -4.35. The third-order valence-electron chi connectivity index (χ3n) is 5.22. The molecule has 0 spiro atoms. The lowest BCUT2D eigenvalue weighted by Gasteiger charge is -2.20. The van der Waals surface area contributed by atoms with Gasteiger partial charge in [0.2, 0.25) is 0 Å². The van der Waals surface area contributed by atoms with E-state index in [1.54, 1.807) is 0 Å². The first-order chi connectivity index (χ1) is 13.1. The number of anilines is 1. The summed E-state index contributed by atoms with van der Waals surface area (Å²) in [5, 5.41) is 0. The molecule has 0 amide bonds. The highest BCUT2D eigenvalue weighted by atomic mass is 19.4. The van der Waals surface area contributed by atoms with Gasteiger partial charge in [-0.25, -0.2) is 0 Å². The summed E-state index contributed by atoms with van der Waals surface area (Å²) in [7, 11) is 0. The Hall–Kier alpha value is -2.17. The molecule has 1 fully saturated rings. The average Bonchev–Trinajstić information content (AvgIpc) is 3.43. The smallest absolute Gasteiger partial charge is 0.416 e. The van der Waals surface area contributed by atoms with Crippen molar-refractivity contribution in [2.45, 2.75) is 52.1 Å². The van der Waals surface area contributed by atoms with E-state index in [0.29, 0.717) is 41.4 Å². The van der Waals surface area contributed by atoms with Gasteiger partial charge in [-0.2, -0.15) is 13.2 Å². The van der Waals surface area contributed by atoms with Crippen molar-refractivity contribution in [3.05, 3.63) is 47.5 Å². The summed E-state index contributed by atoms with van der Waals surface area (Å²) in [6.45, 7) is 7.09. The van der Waals surface area contributed by atoms with E-state index in [1.165, 1.54) is 12.1 Å². The second-order valence-corrected chi connectivity index (χ2v) is 8.35. The van der Waals surface area contributed by atoms with E-state index in [9.17, 15) is 13.2 Å². The molecule has 5 heteroatoms.